The zero-order chi connectivity index (χ0) is 13.1. The molecule has 0 atom stereocenters. The second-order valence-electron chi connectivity index (χ2n) is 3.45. The lowest BCUT2D eigenvalue weighted by molar-refractivity contribution is -0.143. The third-order valence-electron chi connectivity index (χ3n) is 2.26. The van der Waals surface area contributed by atoms with Crippen LogP contribution in [0.25, 0.3) is 11.2 Å². The molecule has 0 radical (unpaired) electrons. The number of esters is 1. The van der Waals surface area contributed by atoms with Crippen molar-refractivity contribution in [2.24, 2.45) is 0 Å². The van der Waals surface area contributed by atoms with Crippen molar-refractivity contribution in [3.63, 3.8) is 0 Å². The molecule has 0 aromatic carbocycles. The van der Waals surface area contributed by atoms with E-state index in [4.69, 9.17) is 27.9 Å². The molecule has 2 heterocycles. The van der Waals surface area contributed by atoms with E-state index in [-0.39, 0.29) is 22.8 Å². The standard InChI is InChI=1S/C10H10Cl2N4O2/c1-2-18-6(17)3-4-16-5-13-7-8(11)14-10(12)15-9(7)16/h5H,2-4H2,1H3. The van der Waals surface area contributed by atoms with Crippen LogP contribution in [0.15, 0.2) is 6.33 Å². The maximum Gasteiger partial charge on any atom is 0.307 e. The number of rotatable bonds is 4. The van der Waals surface area contributed by atoms with Gasteiger partial charge in [0.1, 0.15) is 5.52 Å². The van der Waals surface area contributed by atoms with Crippen LogP contribution in [0, 0.1) is 0 Å². The molecule has 0 saturated heterocycles. The summed E-state index contributed by atoms with van der Waals surface area (Å²) in [6.07, 6.45) is 1.78. The summed E-state index contributed by atoms with van der Waals surface area (Å²) < 4.78 is 6.53. The van der Waals surface area contributed by atoms with E-state index in [0.29, 0.717) is 24.3 Å². The Balaban J connectivity index is 2.21. The summed E-state index contributed by atoms with van der Waals surface area (Å²) in [7, 11) is 0. The summed E-state index contributed by atoms with van der Waals surface area (Å²) >= 11 is 11.6. The Kier molecular flexibility index (Phi) is 3.98. The van der Waals surface area contributed by atoms with Gasteiger partial charge >= 0.3 is 5.97 Å². The number of carbonyl (C=O) groups excluding carboxylic acids is 1. The van der Waals surface area contributed by atoms with E-state index < -0.39 is 0 Å². The largest absolute Gasteiger partial charge is 0.466 e. The van der Waals surface area contributed by atoms with Crippen molar-refractivity contribution in [2.75, 3.05) is 6.61 Å². The van der Waals surface area contributed by atoms with Crippen LogP contribution < -0.4 is 0 Å². The predicted molar refractivity (Wildman–Crippen MR) is 66.6 cm³/mol. The van der Waals surface area contributed by atoms with Gasteiger partial charge in [0.25, 0.3) is 0 Å². The van der Waals surface area contributed by atoms with Crippen molar-refractivity contribution < 1.29 is 9.53 Å². The molecule has 18 heavy (non-hydrogen) atoms. The van der Waals surface area contributed by atoms with Crippen molar-refractivity contribution >= 4 is 40.3 Å². The van der Waals surface area contributed by atoms with Gasteiger partial charge in [0.05, 0.1) is 19.4 Å². The number of aromatic nitrogens is 4. The summed E-state index contributed by atoms with van der Waals surface area (Å²) in [5.74, 6) is -0.273. The number of halogens is 2. The van der Waals surface area contributed by atoms with Crippen molar-refractivity contribution in [2.45, 2.75) is 19.9 Å². The molecular formula is C10H10Cl2N4O2. The maximum atomic E-state index is 11.3. The van der Waals surface area contributed by atoms with Crippen LogP contribution in [0.5, 0.6) is 0 Å². The van der Waals surface area contributed by atoms with Crippen molar-refractivity contribution in [1.29, 1.82) is 0 Å². The maximum absolute atomic E-state index is 11.3. The molecule has 96 valence electrons. The molecule has 6 nitrogen and oxygen atoms in total. The van der Waals surface area contributed by atoms with Crippen LogP contribution in [0.4, 0.5) is 0 Å². The molecule has 0 aliphatic heterocycles. The van der Waals surface area contributed by atoms with E-state index in [1.54, 1.807) is 17.8 Å². The summed E-state index contributed by atoms with van der Waals surface area (Å²) in [4.78, 5) is 23.2. The molecule has 0 unspecified atom stereocenters. The highest BCUT2D eigenvalue weighted by atomic mass is 35.5. The molecule has 0 saturated carbocycles. The Morgan fingerprint density at radius 1 is 1.44 bits per heavy atom. The van der Waals surface area contributed by atoms with Crippen LogP contribution in [-0.4, -0.2) is 32.1 Å². The molecule has 0 amide bonds. The first-order chi connectivity index (χ1) is 8.61. The van der Waals surface area contributed by atoms with Gasteiger partial charge in [0.15, 0.2) is 10.8 Å². The molecular weight excluding hydrogens is 279 g/mol. The average Bonchev–Trinajstić information content (AvgIpc) is 2.70. The number of fused-ring (bicyclic) bond motifs is 1. The van der Waals surface area contributed by atoms with Gasteiger partial charge in [-0.25, -0.2) is 9.97 Å². The Hall–Kier alpha value is -1.40. The number of ether oxygens (including phenoxy) is 1. The van der Waals surface area contributed by atoms with Gasteiger partial charge in [0.2, 0.25) is 5.28 Å². The molecule has 0 aliphatic carbocycles. The second-order valence-corrected chi connectivity index (χ2v) is 4.14. The van der Waals surface area contributed by atoms with Crippen molar-refractivity contribution in [1.82, 2.24) is 19.5 Å². The van der Waals surface area contributed by atoms with Crippen LogP contribution in [0.3, 0.4) is 0 Å². The van der Waals surface area contributed by atoms with Gasteiger partial charge in [-0.3, -0.25) is 4.79 Å². The smallest absolute Gasteiger partial charge is 0.307 e. The molecule has 2 rings (SSSR count). The fraction of sp³-hybridized carbons (Fsp3) is 0.400. The van der Waals surface area contributed by atoms with Crippen molar-refractivity contribution in [3.8, 4) is 0 Å². The fourth-order valence-electron chi connectivity index (χ4n) is 1.49. The lowest BCUT2D eigenvalue weighted by atomic mass is 10.4. The van der Waals surface area contributed by atoms with Gasteiger partial charge < -0.3 is 9.30 Å². The SMILES string of the molecule is CCOC(=O)CCn1cnc2c(Cl)nc(Cl)nc21. The number of nitrogens with zero attached hydrogens (tertiary/aromatic N) is 4. The number of imidazole rings is 1. The van der Waals surface area contributed by atoms with Crippen LogP contribution in [-0.2, 0) is 16.1 Å². The number of hydrogen-bond acceptors (Lipinski definition) is 5. The highest BCUT2D eigenvalue weighted by Crippen LogP contribution is 2.20. The van der Waals surface area contributed by atoms with Crippen LogP contribution in [0.1, 0.15) is 13.3 Å². The van der Waals surface area contributed by atoms with Gasteiger partial charge in [-0.05, 0) is 18.5 Å². The van der Waals surface area contributed by atoms with Gasteiger partial charge in [0, 0.05) is 6.54 Å². The molecule has 0 fully saturated rings. The topological polar surface area (TPSA) is 69.9 Å². The lowest BCUT2D eigenvalue weighted by Gasteiger charge is -2.03. The summed E-state index contributed by atoms with van der Waals surface area (Å²) in [6.45, 7) is 2.53. The monoisotopic (exact) mass is 288 g/mol. The van der Waals surface area contributed by atoms with Crippen LogP contribution >= 0.6 is 23.2 Å². The minimum atomic E-state index is -0.273. The zero-order valence-electron chi connectivity index (χ0n) is 9.56. The van der Waals surface area contributed by atoms with Crippen molar-refractivity contribution in [3.05, 3.63) is 16.8 Å². The lowest BCUT2D eigenvalue weighted by Crippen LogP contribution is -2.08. The number of carbonyl (C=O) groups is 1. The molecule has 0 spiro atoms. The highest BCUT2D eigenvalue weighted by Gasteiger charge is 2.12. The summed E-state index contributed by atoms with van der Waals surface area (Å²) in [5.41, 5.74) is 0.967. The van der Waals surface area contributed by atoms with Crippen LogP contribution in [0.2, 0.25) is 10.4 Å². The predicted octanol–water partition coefficient (Wildman–Crippen LogP) is 2.09. The van der Waals surface area contributed by atoms with E-state index in [2.05, 4.69) is 15.0 Å². The number of aryl methyl sites for hydroxylation is 1. The third-order valence-corrected chi connectivity index (χ3v) is 2.69. The Labute approximate surface area is 113 Å². The van der Waals surface area contributed by atoms with E-state index in [0.717, 1.165) is 0 Å². The normalized spacial score (nSPS) is 10.8. The minimum Gasteiger partial charge on any atom is -0.466 e. The van der Waals surface area contributed by atoms with Gasteiger partial charge in [-0.1, -0.05) is 11.6 Å². The Bertz CT molecular complexity index is 585. The summed E-state index contributed by atoms with van der Waals surface area (Å²) in [5, 5.41) is 0.241. The fourth-order valence-corrected chi connectivity index (χ4v) is 1.91. The molecule has 0 aliphatic rings. The van der Waals surface area contributed by atoms with Gasteiger partial charge in [-0.2, -0.15) is 4.98 Å². The molecule has 0 bridgehead atoms. The third kappa shape index (κ3) is 2.70. The Morgan fingerprint density at radius 2 is 2.22 bits per heavy atom. The quantitative estimate of drug-likeness (QED) is 0.489. The first-order valence-corrected chi connectivity index (χ1v) is 6.07. The molecule has 2 aromatic heterocycles. The van der Waals surface area contributed by atoms with E-state index in [9.17, 15) is 4.79 Å². The first-order valence-electron chi connectivity index (χ1n) is 5.31. The molecule has 8 heteroatoms. The van der Waals surface area contributed by atoms with E-state index in [1.165, 1.54) is 0 Å². The number of hydrogen-bond donors (Lipinski definition) is 0. The summed E-state index contributed by atoms with van der Waals surface area (Å²) in [6, 6.07) is 0. The van der Waals surface area contributed by atoms with E-state index in [1.807, 2.05) is 0 Å². The van der Waals surface area contributed by atoms with E-state index >= 15 is 0 Å². The highest BCUT2D eigenvalue weighted by molar-refractivity contribution is 6.35. The zero-order valence-corrected chi connectivity index (χ0v) is 11.1. The minimum absolute atomic E-state index is 0.0467. The first kappa shape index (κ1) is 13.0. The Morgan fingerprint density at radius 3 is 2.94 bits per heavy atom. The molecule has 0 N–H and O–H groups in total. The van der Waals surface area contributed by atoms with Gasteiger partial charge in [-0.15, -0.1) is 0 Å². The second kappa shape index (κ2) is 5.49. The average molecular weight is 289 g/mol. The molecule has 2 aromatic rings.